The van der Waals surface area contributed by atoms with Crippen LogP contribution >= 0.6 is 15.9 Å². The van der Waals surface area contributed by atoms with E-state index < -0.39 is 0 Å². The van der Waals surface area contributed by atoms with Crippen LogP contribution in [0.25, 0.3) is 0 Å². The molecule has 2 N–H and O–H groups in total. The molecule has 1 unspecified atom stereocenters. The molecule has 1 rings (SSSR count). The van der Waals surface area contributed by atoms with Crippen molar-refractivity contribution in [3.63, 3.8) is 0 Å². The molecular formula is C11H18BrN3O. The van der Waals surface area contributed by atoms with Crippen LogP contribution in [0.4, 0.5) is 0 Å². The van der Waals surface area contributed by atoms with Gasteiger partial charge in [-0.2, -0.15) is 5.10 Å². The third-order valence-corrected chi connectivity index (χ3v) is 3.26. The van der Waals surface area contributed by atoms with Crippen molar-refractivity contribution in [1.82, 2.24) is 9.78 Å². The molecule has 0 aromatic carbocycles. The zero-order valence-corrected chi connectivity index (χ0v) is 11.3. The number of carbonyl (C=O) groups excluding carboxylic acids is 1. The lowest BCUT2D eigenvalue weighted by Gasteiger charge is -2.09. The lowest BCUT2D eigenvalue weighted by molar-refractivity contribution is 0.0964. The van der Waals surface area contributed by atoms with Gasteiger partial charge in [-0.15, -0.1) is 0 Å². The normalized spacial score (nSPS) is 12.8. The van der Waals surface area contributed by atoms with E-state index in [-0.39, 0.29) is 5.78 Å². The summed E-state index contributed by atoms with van der Waals surface area (Å²) in [7, 11) is 1.78. The highest BCUT2D eigenvalue weighted by molar-refractivity contribution is 9.10. The highest BCUT2D eigenvalue weighted by atomic mass is 79.9. The van der Waals surface area contributed by atoms with Crippen LogP contribution in [0.3, 0.4) is 0 Å². The van der Waals surface area contributed by atoms with Gasteiger partial charge in [0.2, 0.25) is 0 Å². The summed E-state index contributed by atoms with van der Waals surface area (Å²) < 4.78 is 2.38. The maximum Gasteiger partial charge on any atom is 0.182 e. The molecule has 0 radical (unpaired) electrons. The Bertz CT molecular complexity index is 343. The first kappa shape index (κ1) is 13.4. The number of aromatic nitrogens is 2. The Morgan fingerprint density at radius 1 is 1.62 bits per heavy atom. The van der Waals surface area contributed by atoms with Crippen LogP contribution in [-0.2, 0) is 7.05 Å². The van der Waals surface area contributed by atoms with E-state index in [2.05, 4.69) is 28.0 Å². The van der Waals surface area contributed by atoms with Crippen molar-refractivity contribution in [3.05, 3.63) is 16.4 Å². The van der Waals surface area contributed by atoms with Gasteiger partial charge in [0, 0.05) is 13.5 Å². The molecule has 0 aliphatic rings. The number of hydrogen-bond acceptors (Lipinski definition) is 3. The van der Waals surface area contributed by atoms with Crippen molar-refractivity contribution >= 4 is 21.7 Å². The van der Waals surface area contributed by atoms with Crippen LogP contribution in [0, 0.1) is 5.92 Å². The lowest BCUT2D eigenvalue weighted by Crippen LogP contribution is -2.11. The molecule has 1 atom stereocenters. The van der Waals surface area contributed by atoms with E-state index in [4.69, 9.17) is 5.73 Å². The summed E-state index contributed by atoms with van der Waals surface area (Å²) in [6.07, 6.45) is 4.06. The SMILES string of the molecule is CC(CCN)CCC(=O)c1c(Br)cnn1C. The monoisotopic (exact) mass is 287 g/mol. The second-order valence-electron chi connectivity index (χ2n) is 4.11. The van der Waals surface area contributed by atoms with Gasteiger partial charge in [0.25, 0.3) is 0 Å². The predicted molar refractivity (Wildman–Crippen MR) is 67.3 cm³/mol. The van der Waals surface area contributed by atoms with E-state index in [1.165, 1.54) is 0 Å². The number of aryl methyl sites for hydroxylation is 1. The van der Waals surface area contributed by atoms with Gasteiger partial charge in [0.1, 0.15) is 5.69 Å². The molecule has 0 amide bonds. The molecule has 0 saturated heterocycles. The summed E-state index contributed by atoms with van der Waals surface area (Å²) in [5.41, 5.74) is 6.12. The second-order valence-corrected chi connectivity index (χ2v) is 4.96. The van der Waals surface area contributed by atoms with Gasteiger partial charge in [0.05, 0.1) is 10.7 Å². The van der Waals surface area contributed by atoms with Crippen LogP contribution in [-0.4, -0.2) is 22.1 Å². The van der Waals surface area contributed by atoms with Crippen molar-refractivity contribution in [1.29, 1.82) is 0 Å². The maximum absolute atomic E-state index is 11.9. The van der Waals surface area contributed by atoms with Gasteiger partial charge in [-0.05, 0) is 41.2 Å². The Kier molecular flexibility index (Phi) is 5.15. The number of nitrogens with two attached hydrogens (primary N) is 1. The number of ketones is 1. The minimum Gasteiger partial charge on any atom is -0.330 e. The van der Waals surface area contributed by atoms with E-state index in [0.29, 0.717) is 24.6 Å². The van der Waals surface area contributed by atoms with Crippen molar-refractivity contribution in [3.8, 4) is 0 Å². The molecule has 0 aliphatic carbocycles. The fourth-order valence-electron chi connectivity index (χ4n) is 1.65. The Balaban J connectivity index is 2.53. The number of nitrogens with zero attached hydrogens (tertiary/aromatic N) is 2. The van der Waals surface area contributed by atoms with Gasteiger partial charge in [-0.25, -0.2) is 0 Å². The molecule has 16 heavy (non-hydrogen) atoms. The van der Waals surface area contributed by atoms with Crippen LogP contribution in [0.15, 0.2) is 10.7 Å². The number of halogens is 1. The highest BCUT2D eigenvalue weighted by Crippen LogP contribution is 2.19. The van der Waals surface area contributed by atoms with E-state index in [9.17, 15) is 4.79 Å². The molecule has 0 fully saturated rings. The fourth-order valence-corrected chi connectivity index (χ4v) is 2.22. The second kappa shape index (κ2) is 6.15. The van der Waals surface area contributed by atoms with E-state index >= 15 is 0 Å². The van der Waals surface area contributed by atoms with E-state index in [1.54, 1.807) is 17.9 Å². The molecule has 0 bridgehead atoms. The highest BCUT2D eigenvalue weighted by Gasteiger charge is 2.15. The molecule has 1 aromatic heterocycles. The number of hydrogen-bond donors (Lipinski definition) is 1. The van der Waals surface area contributed by atoms with E-state index in [0.717, 1.165) is 17.3 Å². The summed E-state index contributed by atoms with van der Waals surface area (Å²) >= 11 is 3.33. The van der Waals surface area contributed by atoms with Crippen LogP contribution < -0.4 is 5.73 Å². The summed E-state index contributed by atoms with van der Waals surface area (Å²) in [5.74, 6) is 0.636. The third kappa shape index (κ3) is 3.42. The molecule has 0 saturated carbocycles. The minimum atomic E-state index is 0.135. The van der Waals surface area contributed by atoms with Gasteiger partial charge >= 0.3 is 0 Å². The average Bonchev–Trinajstić information content (AvgIpc) is 2.56. The largest absolute Gasteiger partial charge is 0.330 e. The summed E-state index contributed by atoms with van der Waals surface area (Å²) in [6.45, 7) is 2.81. The van der Waals surface area contributed by atoms with E-state index in [1.807, 2.05) is 0 Å². The standard InChI is InChI=1S/C11H18BrN3O/c1-8(5-6-13)3-4-10(16)11-9(12)7-14-15(11)2/h7-8H,3-6,13H2,1-2H3. The van der Waals surface area contributed by atoms with Crippen molar-refractivity contribution < 1.29 is 4.79 Å². The summed E-state index contributed by atoms with van der Waals surface area (Å²) in [5, 5.41) is 4.03. The zero-order chi connectivity index (χ0) is 12.1. The van der Waals surface area contributed by atoms with Crippen molar-refractivity contribution in [2.24, 2.45) is 18.7 Å². The number of rotatable bonds is 6. The molecule has 4 nitrogen and oxygen atoms in total. The quantitative estimate of drug-likeness (QED) is 0.816. The van der Waals surface area contributed by atoms with Gasteiger partial charge in [-0.3, -0.25) is 9.48 Å². The predicted octanol–water partition coefficient (Wildman–Crippen LogP) is 2.13. The minimum absolute atomic E-state index is 0.135. The first-order valence-electron chi connectivity index (χ1n) is 5.47. The molecule has 0 spiro atoms. The Labute approximate surface area is 104 Å². The Morgan fingerprint density at radius 2 is 2.31 bits per heavy atom. The third-order valence-electron chi connectivity index (χ3n) is 2.68. The van der Waals surface area contributed by atoms with Crippen LogP contribution in [0.2, 0.25) is 0 Å². The molecule has 1 aromatic rings. The van der Waals surface area contributed by atoms with Gasteiger partial charge in [0.15, 0.2) is 5.78 Å². The maximum atomic E-state index is 11.9. The average molecular weight is 288 g/mol. The molecule has 1 heterocycles. The van der Waals surface area contributed by atoms with Gasteiger partial charge in [-0.1, -0.05) is 6.92 Å². The topological polar surface area (TPSA) is 60.9 Å². The molecular weight excluding hydrogens is 270 g/mol. The first-order chi connectivity index (χ1) is 7.56. The van der Waals surface area contributed by atoms with Crippen molar-refractivity contribution in [2.75, 3.05) is 6.54 Å². The molecule has 0 aliphatic heterocycles. The lowest BCUT2D eigenvalue weighted by atomic mass is 9.99. The van der Waals surface area contributed by atoms with Crippen molar-refractivity contribution in [2.45, 2.75) is 26.2 Å². The Hall–Kier alpha value is -0.680. The van der Waals surface area contributed by atoms with Gasteiger partial charge < -0.3 is 5.73 Å². The molecule has 5 heteroatoms. The molecule has 90 valence electrons. The van der Waals surface area contributed by atoms with Crippen LogP contribution in [0.5, 0.6) is 0 Å². The number of Topliss-reactive ketones (excluding diaryl/α,β-unsaturated/α-hetero) is 1. The number of carbonyl (C=O) groups is 1. The summed E-state index contributed by atoms with van der Waals surface area (Å²) in [4.78, 5) is 11.9. The fraction of sp³-hybridized carbons (Fsp3) is 0.636. The smallest absolute Gasteiger partial charge is 0.182 e. The first-order valence-corrected chi connectivity index (χ1v) is 6.26. The zero-order valence-electron chi connectivity index (χ0n) is 9.74. The summed E-state index contributed by atoms with van der Waals surface area (Å²) in [6, 6.07) is 0. The Morgan fingerprint density at radius 3 is 2.81 bits per heavy atom. The van der Waals surface area contributed by atoms with Crippen LogP contribution in [0.1, 0.15) is 36.7 Å².